The van der Waals surface area contributed by atoms with E-state index in [1.807, 2.05) is 11.6 Å². The average Bonchev–Trinajstić information content (AvgIpc) is 2.76. The van der Waals surface area contributed by atoms with Gasteiger partial charge in [0.2, 0.25) is 0 Å². The third-order valence-electron chi connectivity index (χ3n) is 3.95. The summed E-state index contributed by atoms with van der Waals surface area (Å²) in [6.07, 6.45) is 0.816. The smallest absolute Gasteiger partial charge is 0.178 e. The van der Waals surface area contributed by atoms with Crippen LogP contribution in [0.1, 0.15) is 53.5 Å². The SMILES string of the molecule is CCc1c(-c2c(C)cc(C)cc2C)nn(CC)c1C(C)=O. The van der Waals surface area contributed by atoms with E-state index in [1.165, 1.54) is 22.3 Å². The Morgan fingerprint density at radius 1 is 1.14 bits per heavy atom. The molecule has 1 aromatic heterocycles. The molecule has 2 aromatic rings. The molecule has 1 heterocycles. The van der Waals surface area contributed by atoms with Gasteiger partial charge < -0.3 is 0 Å². The molecule has 0 aliphatic carbocycles. The van der Waals surface area contributed by atoms with Gasteiger partial charge in [-0.2, -0.15) is 5.10 Å². The van der Waals surface area contributed by atoms with Gasteiger partial charge in [-0.3, -0.25) is 9.48 Å². The van der Waals surface area contributed by atoms with Crippen molar-refractivity contribution in [2.75, 3.05) is 0 Å². The molecule has 0 unspecified atom stereocenters. The largest absolute Gasteiger partial charge is 0.293 e. The highest BCUT2D eigenvalue weighted by molar-refractivity contribution is 5.96. The standard InChI is InChI=1S/C18H24N2O/c1-7-15-17(19-20(8-2)18(15)14(6)21)16-12(4)9-11(3)10-13(16)5/h9-10H,7-8H2,1-6H3. The van der Waals surface area contributed by atoms with E-state index in [1.54, 1.807) is 6.92 Å². The number of hydrogen-bond acceptors (Lipinski definition) is 2. The van der Waals surface area contributed by atoms with Crippen LogP contribution in [0.4, 0.5) is 0 Å². The first-order valence-electron chi connectivity index (χ1n) is 7.59. The number of aryl methyl sites for hydroxylation is 4. The quantitative estimate of drug-likeness (QED) is 0.786. The Morgan fingerprint density at radius 3 is 2.14 bits per heavy atom. The third kappa shape index (κ3) is 2.65. The highest BCUT2D eigenvalue weighted by Gasteiger charge is 2.22. The van der Waals surface area contributed by atoms with Crippen molar-refractivity contribution in [3.63, 3.8) is 0 Å². The van der Waals surface area contributed by atoms with Gasteiger partial charge in [0.25, 0.3) is 0 Å². The maximum absolute atomic E-state index is 12.0. The highest BCUT2D eigenvalue weighted by Crippen LogP contribution is 2.32. The topological polar surface area (TPSA) is 34.9 Å². The van der Waals surface area contributed by atoms with Gasteiger partial charge in [0, 0.05) is 24.6 Å². The fourth-order valence-electron chi connectivity index (χ4n) is 3.21. The molecule has 0 spiro atoms. The molecule has 0 radical (unpaired) electrons. The fourth-order valence-corrected chi connectivity index (χ4v) is 3.21. The van der Waals surface area contributed by atoms with Gasteiger partial charge in [-0.1, -0.05) is 24.6 Å². The molecule has 0 fully saturated rings. The minimum absolute atomic E-state index is 0.0925. The molecule has 3 heteroatoms. The van der Waals surface area contributed by atoms with Crippen LogP contribution in [-0.4, -0.2) is 15.6 Å². The molecule has 0 saturated heterocycles. The molecule has 112 valence electrons. The summed E-state index contributed by atoms with van der Waals surface area (Å²) in [4.78, 5) is 12.0. The van der Waals surface area contributed by atoms with Crippen LogP contribution >= 0.6 is 0 Å². The van der Waals surface area contributed by atoms with Crippen LogP contribution in [0.3, 0.4) is 0 Å². The Morgan fingerprint density at radius 2 is 1.71 bits per heavy atom. The molecule has 0 saturated carbocycles. The number of nitrogens with zero attached hydrogens (tertiary/aromatic N) is 2. The van der Waals surface area contributed by atoms with Gasteiger partial charge in [-0.15, -0.1) is 0 Å². The lowest BCUT2D eigenvalue weighted by Crippen LogP contribution is -2.08. The van der Waals surface area contributed by atoms with Crippen LogP contribution in [-0.2, 0) is 13.0 Å². The third-order valence-corrected chi connectivity index (χ3v) is 3.95. The molecular formula is C18H24N2O. The molecule has 0 amide bonds. The zero-order chi connectivity index (χ0) is 15.7. The van der Waals surface area contributed by atoms with Crippen LogP contribution in [0.5, 0.6) is 0 Å². The zero-order valence-electron chi connectivity index (χ0n) is 13.9. The molecule has 0 aliphatic rings. The summed E-state index contributed by atoms with van der Waals surface area (Å²) in [5.74, 6) is 0.0925. The summed E-state index contributed by atoms with van der Waals surface area (Å²) in [7, 11) is 0. The van der Waals surface area contributed by atoms with Crippen molar-refractivity contribution in [2.24, 2.45) is 0 Å². The van der Waals surface area contributed by atoms with Gasteiger partial charge in [0.1, 0.15) is 5.69 Å². The lowest BCUT2D eigenvalue weighted by molar-refractivity contribution is 0.100. The van der Waals surface area contributed by atoms with E-state index in [2.05, 4.69) is 39.8 Å². The average molecular weight is 284 g/mol. The Labute approximate surface area is 127 Å². The van der Waals surface area contributed by atoms with E-state index >= 15 is 0 Å². The molecule has 0 N–H and O–H groups in total. The predicted octanol–water partition coefficient (Wildman–Crippen LogP) is 4.26. The number of hydrogen-bond donors (Lipinski definition) is 0. The summed E-state index contributed by atoms with van der Waals surface area (Å²) >= 11 is 0. The second kappa shape index (κ2) is 5.84. The maximum atomic E-state index is 12.0. The lowest BCUT2D eigenvalue weighted by atomic mass is 9.93. The van der Waals surface area contributed by atoms with Gasteiger partial charge >= 0.3 is 0 Å². The zero-order valence-corrected chi connectivity index (χ0v) is 13.9. The number of carbonyl (C=O) groups excluding carboxylic acids is 1. The maximum Gasteiger partial charge on any atom is 0.178 e. The predicted molar refractivity (Wildman–Crippen MR) is 86.9 cm³/mol. The van der Waals surface area contributed by atoms with Gasteiger partial charge in [0.15, 0.2) is 5.78 Å². The van der Waals surface area contributed by atoms with E-state index < -0.39 is 0 Å². The van der Waals surface area contributed by atoms with Crippen molar-refractivity contribution in [1.29, 1.82) is 0 Å². The number of aromatic nitrogens is 2. The Kier molecular flexibility index (Phi) is 4.31. The summed E-state index contributed by atoms with van der Waals surface area (Å²) in [5, 5.41) is 4.74. The summed E-state index contributed by atoms with van der Waals surface area (Å²) < 4.78 is 1.84. The normalized spacial score (nSPS) is 11.0. The van der Waals surface area contributed by atoms with Crippen molar-refractivity contribution in [1.82, 2.24) is 9.78 Å². The minimum Gasteiger partial charge on any atom is -0.293 e. The molecule has 0 bridgehead atoms. The van der Waals surface area contributed by atoms with E-state index in [4.69, 9.17) is 5.10 Å². The first-order chi connectivity index (χ1) is 9.90. The highest BCUT2D eigenvalue weighted by atomic mass is 16.1. The Hall–Kier alpha value is -1.90. The number of Topliss-reactive ketones (excluding diaryl/α,β-unsaturated/α-hetero) is 1. The Bertz CT molecular complexity index is 672. The first kappa shape index (κ1) is 15.5. The molecule has 2 rings (SSSR count). The van der Waals surface area contributed by atoms with Crippen molar-refractivity contribution in [3.05, 3.63) is 40.1 Å². The van der Waals surface area contributed by atoms with E-state index in [9.17, 15) is 4.79 Å². The number of benzene rings is 1. The second-order valence-corrected chi connectivity index (χ2v) is 5.67. The van der Waals surface area contributed by atoms with Gasteiger partial charge in [-0.25, -0.2) is 0 Å². The second-order valence-electron chi connectivity index (χ2n) is 5.67. The van der Waals surface area contributed by atoms with Gasteiger partial charge in [0.05, 0.1) is 5.69 Å². The Balaban J connectivity index is 2.79. The number of carbonyl (C=O) groups is 1. The summed E-state index contributed by atoms with van der Waals surface area (Å²) in [5.41, 5.74) is 7.67. The van der Waals surface area contributed by atoms with Crippen LogP contribution in [0.15, 0.2) is 12.1 Å². The molecule has 0 atom stereocenters. The molecular weight excluding hydrogens is 260 g/mol. The fraction of sp³-hybridized carbons (Fsp3) is 0.444. The lowest BCUT2D eigenvalue weighted by Gasteiger charge is -2.10. The monoisotopic (exact) mass is 284 g/mol. The van der Waals surface area contributed by atoms with Crippen molar-refractivity contribution in [3.8, 4) is 11.3 Å². The summed E-state index contributed by atoms with van der Waals surface area (Å²) in [6.45, 7) is 12.8. The summed E-state index contributed by atoms with van der Waals surface area (Å²) in [6, 6.07) is 4.36. The molecule has 3 nitrogen and oxygen atoms in total. The molecule has 21 heavy (non-hydrogen) atoms. The van der Waals surface area contributed by atoms with Crippen LogP contribution in [0.2, 0.25) is 0 Å². The van der Waals surface area contributed by atoms with Gasteiger partial charge in [-0.05, 0) is 45.2 Å². The number of rotatable bonds is 4. The van der Waals surface area contributed by atoms with Crippen LogP contribution in [0.25, 0.3) is 11.3 Å². The molecule has 1 aromatic carbocycles. The van der Waals surface area contributed by atoms with E-state index in [-0.39, 0.29) is 5.78 Å². The first-order valence-corrected chi connectivity index (χ1v) is 7.59. The minimum atomic E-state index is 0.0925. The van der Waals surface area contributed by atoms with Crippen LogP contribution < -0.4 is 0 Å². The number of ketones is 1. The van der Waals surface area contributed by atoms with Crippen LogP contribution in [0, 0.1) is 20.8 Å². The van der Waals surface area contributed by atoms with E-state index in [0.717, 1.165) is 23.4 Å². The van der Waals surface area contributed by atoms with Crippen molar-refractivity contribution >= 4 is 5.78 Å². The van der Waals surface area contributed by atoms with E-state index in [0.29, 0.717) is 6.54 Å². The van der Waals surface area contributed by atoms with Crippen molar-refractivity contribution < 1.29 is 4.79 Å². The van der Waals surface area contributed by atoms with Crippen molar-refractivity contribution in [2.45, 2.75) is 54.5 Å². The molecule has 0 aliphatic heterocycles.